The van der Waals surface area contributed by atoms with Gasteiger partial charge in [-0.3, -0.25) is 14.4 Å². The Kier molecular flexibility index (Phi) is 7.42. The van der Waals surface area contributed by atoms with Gasteiger partial charge in [-0.1, -0.05) is 18.1 Å². The summed E-state index contributed by atoms with van der Waals surface area (Å²) in [5.74, 6) is -0.737. The topological polar surface area (TPSA) is 98.7 Å². The molecule has 3 N–H and O–H groups in total. The lowest BCUT2D eigenvalue weighted by atomic mass is 9.96. The molecule has 0 saturated carbocycles. The molecule has 0 aliphatic carbocycles. The van der Waals surface area contributed by atoms with Gasteiger partial charge in [0.15, 0.2) is 0 Å². The van der Waals surface area contributed by atoms with E-state index in [2.05, 4.69) is 22.6 Å². The van der Waals surface area contributed by atoms with E-state index in [0.29, 0.717) is 19.5 Å². The van der Waals surface area contributed by atoms with E-state index < -0.39 is 11.9 Å². The summed E-state index contributed by atoms with van der Waals surface area (Å²) in [5.41, 5.74) is 1.14. The molecular formula is C19H25N3O4. The van der Waals surface area contributed by atoms with E-state index in [4.69, 9.17) is 11.5 Å². The van der Waals surface area contributed by atoms with Gasteiger partial charge in [-0.25, -0.2) is 0 Å². The molecule has 1 saturated heterocycles. The first kappa shape index (κ1) is 19.7. The van der Waals surface area contributed by atoms with Crippen LogP contribution in [-0.4, -0.2) is 60.5 Å². The van der Waals surface area contributed by atoms with Crippen molar-refractivity contribution in [3.8, 4) is 12.3 Å². The maximum atomic E-state index is 12.4. The number of nitrogens with zero attached hydrogens (tertiary/aromatic N) is 1. The molecule has 26 heavy (non-hydrogen) atoms. The molecule has 0 unspecified atom stereocenters. The maximum absolute atomic E-state index is 12.4. The minimum Gasteiger partial charge on any atom is -0.480 e. The van der Waals surface area contributed by atoms with Gasteiger partial charge in [-0.15, -0.1) is 6.42 Å². The van der Waals surface area contributed by atoms with Gasteiger partial charge in [0, 0.05) is 32.3 Å². The second-order valence-electron chi connectivity index (χ2n) is 6.49. The zero-order valence-electron chi connectivity index (χ0n) is 14.7. The molecule has 2 heterocycles. The van der Waals surface area contributed by atoms with Crippen LogP contribution in [0.2, 0.25) is 0 Å². The number of aliphatic carboxylic acids is 1. The van der Waals surface area contributed by atoms with Crippen molar-refractivity contribution in [1.29, 1.82) is 0 Å². The summed E-state index contributed by atoms with van der Waals surface area (Å²) in [6.45, 7) is 2.58. The van der Waals surface area contributed by atoms with E-state index in [9.17, 15) is 14.4 Å². The fourth-order valence-corrected chi connectivity index (χ4v) is 3.03. The second-order valence-corrected chi connectivity index (χ2v) is 6.49. The highest BCUT2D eigenvalue weighted by Gasteiger charge is 2.28. The van der Waals surface area contributed by atoms with Crippen molar-refractivity contribution in [1.82, 2.24) is 15.5 Å². The third-order valence-corrected chi connectivity index (χ3v) is 4.62. The molecule has 0 aromatic carbocycles. The molecule has 2 rings (SSSR count). The van der Waals surface area contributed by atoms with Crippen molar-refractivity contribution < 1.29 is 19.5 Å². The Bertz CT molecular complexity index is 648. The number of carbonyl (C=O) groups excluding carboxylic acids is 2. The van der Waals surface area contributed by atoms with Crippen LogP contribution in [0.5, 0.6) is 0 Å². The third-order valence-electron chi connectivity index (χ3n) is 4.62. The van der Waals surface area contributed by atoms with Crippen LogP contribution in [0.1, 0.15) is 19.3 Å². The van der Waals surface area contributed by atoms with Crippen LogP contribution in [0.3, 0.4) is 0 Å². The molecule has 2 amide bonds. The van der Waals surface area contributed by atoms with Crippen molar-refractivity contribution in [3.63, 3.8) is 0 Å². The fraction of sp³-hybridized carbons (Fsp3) is 0.526. The Balaban J connectivity index is 1.85. The summed E-state index contributed by atoms with van der Waals surface area (Å²) < 4.78 is 0. The van der Waals surface area contributed by atoms with Crippen molar-refractivity contribution in [2.45, 2.75) is 19.3 Å². The number of likely N-dealkylation sites (tertiary alicyclic amines) is 1. The fourth-order valence-electron chi connectivity index (χ4n) is 3.03. The number of nitrogens with one attached hydrogen (secondary N) is 2. The summed E-state index contributed by atoms with van der Waals surface area (Å²) in [6, 6.07) is 0. The third kappa shape index (κ3) is 5.74. The molecule has 140 valence electrons. The Morgan fingerprint density at radius 2 is 2.31 bits per heavy atom. The molecule has 0 aromatic heterocycles. The van der Waals surface area contributed by atoms with Crippen molar-refractivity contribution >= 4 is 17.8 Å². The number of amides is 2. The van der Waals surface area contributed by atoms with Crippen LogP contribution in [0.15, 0.2) is 23.8 Å². The number of carboxylic acids is 1. The summed E-state index contributed by atoms with van der Waals surface area (Å²) in [4.78, 5) is 37.2. The van der Waals surface area contributed by atoms with Gasteiger partial charge >= 0.3 is 5.97 Å². The van der Waals surface area contributed by atoms with Gasteiger partial charge in [0.2, 0.25) is 11.8 Å². The monoisotopic (exact) mass is 359 g/mol. The Hall–Kier alpha value is -2.59. The van der Waals surface area contributed by atoms with Crippen LogP contribution >= 0.6 is 0 Å². The largest absolute Gasteiger partial charge is 0.480 e. The van der Waals surface area contributed by atoms with E-state index in [1.165, 1.54) is 0 Å². The smallest absolute Gasteiger partial charge is 0.320 e. The minimum absolute atomic E-state index is 0.1000. The Morgan fingerprint density at radius 1 is 1.50 bits per heavy atom. The van der Waals surface area contributed by atoms with Crippen molar-refractivity contribution in [2.75, 3.05) is 32.7 Å². The standard InChI is InChI=1S/C19H25N3O4/c1-2-15(19(25)26)12-21-18(24)16-4-3-11-22(13-16)17(23)6-5-14-7-9-20-10-8-14/h1,5-7,15-16,20H,3-4,8-13H2,(H,21,24)(H,25,26)/b6-5+/t15-,16+/m0/s1. The number of terminal acetylenes is 1. The first-order valence-electron chi connectivity index (χ1n) is 8.84. The van der Waals surface area contributed by atoms with Crippen molar-refractivity contribution in [2.24, 2.45) is 11.8 Å². The van der Waals surface area contributed by atoms with Crippen LogP contribution in [0.4, 0.5) is 0 Å². The minimum atomic E-state index is -1.13. The number of carboxylic acid groups (broad SMARTS) is 1. The first-order chi connectivity index (χ1) is 12.5. The molecule has 2 aliphatic heterocycles. The molecule has 0 spiro atoms. The lowest BCUT2D eigenvalue weighted by Gasteiger charge is -2.31. The number of hydrogen-bond donors (Lipinski definition) is 3. The summed E-state index contributed by atoms with van der Waals surface area (Å²) in [7, 11) is 0. The predicted molar refractivity (Wildman–Crippen MR) is 97.0 cm³/mol. The van der Waals surface area contributed by atoms with Crippen molar-refractivity contribution in [3.05, 3.63) is 23.8 Å². The molecule has 0 aromatic rings. The van der Waals surface area contributed by atoms with Gasteiger partial charge in [0.05, 0.1) is 5.92 Å². The quantitative estimate of drug-likeness (QED) is 0.463. The van der Waals surface area contributed by atoms with Crippen LogP contribution in [0, 0.1) is 24.2 Å². The first-order valence-corrected chi connectivity index (χ1v) is 8.84. The van der Waals surface area contributed by atoms with E-state index in [1.54, 1.807) is 11.0 Å². The predicted octanol–water partition coefficient (Wildman–Crippen LogP) is 0.151. The zero-order valence-corrected chi connectivity index (χ0v) is 14.7. The number of piperidine rings is 1. The van der Waals surface area contributed by atoms with Gasteiger partial charge < -0.3 is 20.6 Å². The van der Waals surface area contributed by atoms with Crippen LogP contribution in [0.25, 0.3) is 0 Å². The average molecular weight is 359 g/mol. The molecule has 7 nitrogen and oxygen atoms in total. The van der Waals surface area contributed by atoms with E-state index in [0.717, 1.165) is 31.5 Å². The number of allylic oxidation sites excluding steroid dienone is 1. The number of hydrogen-bond acceptors (Lipinski definition) is 4. The highest BCUT2D eigenvalue weighted by atomic mass is 16.4. The molecular weight excluding hydrogens is 334 g/mol. The summed E-state index contributed by atoms with van der Waals surface area (Å²) in [6.07, 6.45) is 12.9. The number of carbonyl (C=O) groups is 3. The molecule has 1 fully saturated rings. The molecule has 7 heteroatoms. The van der Waals surface area contributed by atoms with E-state index >= 15 is 0 Å². The molecule has 2 aliphatic rings. The molecule has 0 radical (unpaired) electrons. The lowest BCUT2D eigenvalue weighted by molar-refractivity contribution is -0.139. The van der Waals surface area contributed by atoms with Crippen LogP contribution in [-0.2, 0) is 14.4 Å². The summed E-state index contributed by atoms with van der Waals surface area (Å²) in [5, 5.41) is 14.7. The Labute approximate surface area is 153 Å². The SMILES string of the molecule is C#C[C@@H](CNC(=O)[C@@H]1CCCN(C(=O)/C=C/C2=CCNCC2)C1)C(=O)O. The van der Waals surface area contributed by atoms with E-state index in [1.807, 2.05) is 6.08 Å². The normalized spacial score (nSPS) is 21.6. The second kappa shape index (κ2) is 9.78. The van der Waals surface area contributed by atoms with Crippen LogP contribution < -0.4 is 10.6 Å². The molecule has 0 bridgehead atoms. The van der Waals surface area contributed by atoms with Gasteiger partial charge in [-0.05, 0) is 31.4 Å². The Morgan fingerprint density at radius 3 is 2.96 bits per heavy atom. The highest BCUT2D eigenvalue weighted by Crippen LogP contribution is 2.17. The summed E-state index contributed by atoms with van der Waals surface area (Å²) >= 11 is 0. The highest BCUT2D eigenvalue weighted by molar-refractivity contribution is 5.89. The van der Waals surface area contributed by atoms with Gasteiger partial charge in [0.25, 0.3) is 0 Å². The zero-order chi connectivity index (χ0) is 18.9. The van der Waals surface area contributed by atoms with E-state index in [-0.39, 0.29) is 24.3 Å². The number of rotatable bonds is 6. The average Bonchev–Trinajstić information content (AvgIpc) is 2.67. The lowest BCUT2D eigenvalue weighted by Crippen LogP contribution is -2.46. The van der Waals surface area contributed by atoms with Gasteiger partial charge in [-0.2, -0.15) is 0 Å². The van der Waals surface area contributed by atoms with Gasteiger partial charge in [0.1, 0.15) is 5.92 Å². The molecule has 2 atom stereocenters. The maximum Gasteiger partial charge on any atom is 0.320 e.